The highest BCUT2D eigenvalue weighted by atomic mass is 32.2. The smallest absolute Gasteiger partial charge is 0.0489 e. The van der Waals surface area contributed by atoms with Crippen molar-refractivity contribution >= 4 is 33.4 Å². The fourth-order valence-electron chi connectivity index (χ4n) is 4.32. The van der Waals surface area contributed by atoms with E-state index in [0.717, 1.165) is 12.3 Å². The molecule has 0 aliphatic rings. The lowest BCUT2D eigenvalue weighted by molar-refractivity contribution is 0.403. The largest absolute Gasteiger partial charge is 0.347 e. The lowest BCUT2D eigenvalue weighted by atomic mass is 9.96. The number of aryl methyl sites for hydroxylation is 3. The number of benzene rings is 3. The Morgan fingerprint density at radius 3 is 2.30 bits per heavy atom. The van der Waals surface area contributed by atoms with Crippen molar-refractivity contribution in [2.24, 2.45) is 7.05 Å². The normalized spacial score (nSPS) is 11.4. The van der Waals surface area contributed by atoms with Crippen molar-refractivity contribution in [3.8, 4) is 0 Å². The van der Waals surface area contributed by atoms with Crippen LogP contribution in [0.4, 0.5) is 0 Å². The van der Waals surface area contributed by atoms with Gasteiger partial charge in [-0.25, -0.2) is 0 Å². The number of fused-ring (bicyclic) bond motifs is 2. The van der Waals surface area contributed by atoms with E-state index in [1.54, 1.807) is 0 Å². The predicted octanol–water partition coefficient (Wildman–Crippen LogP) is 7.25. The monoisotopic (exact) mass is 418 g/mol. The van der Waals surface area contributed by atoms with E-state index in [0.29, 0.717) is 0 Å². The van der Waals surface area contributed by atoms with Gasteiger partial charge in [-0.2, -0.15) is 0 Å². The van der Waals surface area contributed by atoms with Crippen molar-refractivity contribution in [2.75, 3.05) is 14.1 Å². The van der Waals surface area contributed by atoms with E-state index >= 15 is 0 Å². The SMILES string of the molecule is C.Cc1cc2c(c(C)c(CSc3ccc4ccccc4c3)n2C)c(CN(C)C)c1C. The number of nitrogens with zero attached hydrogens (tertiary/aromatic N) is 2. The van der Waals surface area contributed by atoms with Crippen LogP contribution in [0.25, 0.3) is 21.7 Å². The van der Waals surface area contributed by atoms with Gasteiger partial charge in [0.05, 0.1) is 0 Å². The summed E-state index contributed by atoms with van der Waals surface area (Å²) in [4.78, 5) is 3.60. The van der Waals surface area contributed by atoms with Crippen LogP contribution in [0.5, 0.6) is 0 Å². The molecule has 0 spiro atoms. The van der Waals surface area contributed by atoms with Gasteiger partial charge in [0.15, 0.2) is 0 Å². The highest BCUT2D eigenvalue weighted by Crippen LogP contribution is 2.35. The van der Waals surface area contributed by atoms with Crippen molar-refractivity contribution in [1.29, 1.82) is 0 Å². The fraction of sp³-hybridized carbons (Fsp3) is 0.333. The molecule has 1 aromatic heterocycles. The summed E-state index contributed by atoms with van der Waals surface area (Å²) in [6, 6.07) is 17.7. The van der Waals surface area contributed by atoms with Gasteiger partial charge in [-0.3, -0.25) is 0 Å². The summed E-state index contributed by atoms with van der Waals surface area (Å²) < 4.78 is 2.41. The van der Waals surface area contributed by atoms with E-state index < -0.39 is 0 Å². The molecule has 3 aromatic carbocycles. The second kappa shape index (κ2) is 8.87. The number of hydrogen-bond acceptors (Lipinski definition) is 2. The van der Waals surface area contributed by atoms with Crippen LogP contribution in [0.1, 0.15) is 35.4 Å². The highest BCUT2D eigenvalue weighted by Gasteiger charge is 2.18. The van der Waals surface area contributed by atoms with E-state index in [9.17, 15) is 0 Å². The van der Waals surface area contributed by atoms with Crippen LogP contribution in [0.2, 0.25) is 0 Å². The van der Waals surface area contributed by atoms with Crippen molar-refractivity contribution in [2.45, 2.75) is 45.4 Å². The van der Waals surface area contributed by atoms with Gasteiger partial charge in [0.1, 0.15) is 0 Å². The van der Waals surface area contributed by atoms with Crippen LogP contribution >= 0.6 is 11.8 Å². The van der Waals surface area contributed by atoms with Gasteiger partial charge in [-0.1, -0.05) is 37.8 Å². The first-order valence-electron chi connectivity index (χ1n) is 10.2. The minimum atomic E-state index is 0. The van der Waals surface area contributed by atoms with Gasteiger partial charge in [0.2, 0.25) is 0 Å². The minimum Gasteiger partial charge on any atom is -0.347 e. The second-order valence-corrected chi connectivity index (χ2v) is 9.41. The average molecular weight is 419 g/mol. The average Bonchev–Trinajstić information content (AvgIpc) is 2.93. The lowest BCUT2D eigenvalue weighted by Crippen LogP contribution is -2.12. The second-order valence-electron chi connectivity index (χ2n) is 8.36. The Hall–Kier alpha value is -2.23. The first-order valence-corrected chi connectivity index (χ1v) is 11.2. The molecular formula is C27H34N2S. The first-order chi connectivity index (χ1) is 13.9. The van der Waals surface area contributed by atoms with E-state index in [-0.39, 0.29) is 7.43 Å². The van der Waals surface area contributed by atoms with Crippen molar-refractivity contribution in [3.63, 3.8) is 0 Å². The molecule has 0 saturated heterocycles. The molecule has 4 aromatic rings. The van der Waals surface area contributed by atoms with Gasteiger partial charge < -0.3 is 9.47 Å². The topological polar surface area (TPSA) is 8.17 Å². The Balaban J connectivity index is 0.00000256. The zero-order chi connectivity index (χ0) is 20.7. The lowest BCUT2D eigenvalue weighted by Gasteiger charge is -2.16. The first kappa shape index (κ1) is 22.5. The van der Waals surface area contributed by atoms with Gasteiger partial charge >= 0.3 is 0 Å². The van der Waals surface area contributed by atoms with Gasteiger partial charge in [-0.05, 0) is 86.1 Å². The Morgan fingerprint density at radius 2 is 1.60 bits per heavy atom. The van der Waals surface area contributed by atoms with Crippen LogP contribution in [0, 0.1) is 20.8 Å². The third kappa shape index (κ3) is 4.01. The van der Waals surface area contributed by atoms with Crippen LogP contribution in [0.3, 0.4) is 0 Å². The maximum atomic E-state index is 2.41. The summed E-state index contributed by atoms with van der Waals surface area (Å²) in [5.74, 6) is 0.981. The molecule has 158 valence electrons. The molecular weight excluding hydrogens is 384 g/mol. The van der Waals surface area contributed by atoms with E-state index in [4.69, 9.17) is 0 Å². The van der Waals surface area contributed by atoms with E-state index in [2.05, 4.69) is 99.9 Å². The van der Waals surface area contributed by atoms with Crippen molar-refractivity contribution < 1.29 is 0 Å². The number of hydrogen-bond donors (Lipinski definition) is 0. The molecule has 4 rings (SSSR count). The molecule has 0 unspecified atom stereocenters. The van der Waals surface area contributed by atoms with E-state index in [1.165, 1.54) is 54.5 Å². The molecule has 30 heavy (non-hydrogen) atoms. The Morgan fingerprint density at radius 1 is 0.900 bits per heavy atom. The Bertz CT molecular complexity index is 1200. The summed E-state index contributed by atoms with van der Waals surface area (Å²) in [6.45, 7) is 7.78. The summed E-state index contributed by atoms with van der Waals surface area (Å²) >= 11 is 1.93. The molecule has 0 aliphatic carbocycles. The zero-order valence-electron chi connectivity index (χ0n) is 18.3. The number of thioether (sulfide) groups is 1. The van der Waals surface area contributed by atoms with Crippen LogP contribution in [-0.2, 0) is 19.3 Å². The summed E-state index contributed by atoms with van der Waals surface area (Å²) in [6.07, 6.45) is 0. The maximum Gasteiger partial charge on any atom is 0.0489 e. The minimum absolute atomic E-state index is 0. The maximum absolute atomic E-state index is 2.41. The van der Waals surface area contributed by atoms with Gasteiger partial charge in [0, 0.05) is 40.8 Å². The molecule has 0 radical (unpaired) electrons. The zero-order valence-corrected chi connectivity index (χ0v) is 19.2. The molecule has 0 amide bonds. The van der Waals surface area contributed by atoms with Crippen LogP contribution in [0.15, 0.2) is 53.4 Å². The van der Waals surface area contributed by atoms with E-state index in [1.807, 2.05) is 11.8 Å². The molecule has 0 saturated carbocycles. The summed E-state index contributed by atoms with van der Waals surface area (Å²) in [5, 5.41) is 4.06. The molecule has 3 heteroatoms. The molecule has 0 aliphatic heterocycles. The standard InChI is InChI=1S/C26H30N2S.CH4/c1-17-13-24-26(23(18(17)2)15-27(4)5)19(3)25(28(24)6)16-29-22-12-11-20-9-7-8-10-21(20)14-22;/h7-14H,15-16H2,1-6H3;1H4. The number of rotatable bonds is 5. The molecule has 0 N–H and O–H groups in total. The Labute approximate surface area is 185 Å². The summed E-state index contributed by atoms with van der Waals surface area (Å²) in [5.41, 5.74) is 8.48. The molecule has 1 heterocycles. The van der Waals surface area contributed by atoms with Gasteiger partial charge in [-0.15, -0.1) is 11.8 Å². The predicted molar refractivity (Wildman–Crippen MR) is 135 cm³/mol. The van der Waals surface area contributed by atoms with Crippen LogP contribution in [-0.4, -0.2) is 23.6 Å². The highest BCUT2D eigenvalue weighted by molar-refractivity contribution is 7.98. The third-order valence-electron chi connectivity index (χ3n) is 6.10. The third-order valence-corrected chi connectivity index (χ3v) is 7.11. The van der Waals surface area contributed by atoms with Crippen LogP contribution < -0.4 is 0 Å². The Kier molecular flexibility index (Phi) is 6.64. The van der Waals surface area contributed by atoms with Crippen molar-refractivity contribution in [3.05, 3.63) is 76.5 Å². The summed E-state index contributed by atoms with van der Waals surface area (Å²) in [7, 11) is 6.53. The van der Waals surface area contributed by atoms with Crippen molar-refractivity contribution in [1.82, 2.24) is 9.47 Å². The molecule has 0 fully saturated rings. The molecule has 0 atom stereocenters. The number of aromatic nitrogens is 1. The molecule has 2 nitrogen and oxygen atoms in total. The quantitative estimate of drug-likeness (QED) is 0.315. The fourth-order valence-corrected chi connectivity index (χ4v) is 5.41. The molecule has 0 bridgehead atoms. The van der Waals surface area contributed by atoms with Gasteiger partial charge in [0.25, 0.3) is 0 Å².